The van der Waals surface area contributed by atoms with Crippen LogP contribution < -0.4 is 0 Å². The van der Waals surface area contributed by atoms with Crippen LogP contribution in [0.2, 0.25) is 5.02 Å². The minimum Gasteiger partial charge on any atom is -0.324 e. The van der Waals surface area contributed by atoms with E-state index in [4.69, 9.17) is 23.2 Å². The molecule has 0 amide bonds. The smallest absolute Gasteiger partial charge is 0.125 e. The van der Waals surface area contributed by atoms with Crippen LogP contribution in [0.15, 0.2) is 18.2 Å². The number of alkyl halides is 1. The van der Waals surface area contributed by atoms with E-state index in [0.717, 1.165) is 21.9 Å². The molecule has 0 radical (unpaired) electrons. The van der Waals surface area contributed by atoms with Gasteiger partial charge in [-0.05, 0) is 42.9 Å². The third-order valence-electron chi connectivity index (χ3n) is 4.15. The van der Waals surface area contributed by atoms with Crippen molar-refractivity contribution in [1.29, 1.82) is 0 Å². The van der Waals surface area contributed by atoms with Crippen LogP contribution in [0.1, 0.15) is 45.0 Å². The summed E-state index contributed by atoms with van der Waals surface area (Å²) in [5.74, 6) is 1.41. The Bertz CT molecular complexity index is 616. The number of rotatable bonds is 2. The molecule has 3 rings (SSSR count). The van der Waals surface area contributed by atoms with Gasteiger partial charge in [0.1, 0.15) is 5.82 Å². The molecule has 0 bridgehead atoms. The molecule has 0 spiro atoms. The van der Waals surface area contributed by atoms with Crippen molar-refractivity contribution in [3.8, 4) is 0 Å². The quantitative estimate of drug-likeness (QED) is 0.698. The first kappa shape index (κ1) is 13.3. The van der Waals surface area contributed by atoms with Crippen LogP contribution in [0.25, 0.3) is 11.0 Å². The zero-order valence-corrected chi connectivity index (χ0v) is 12.8. The molecule has 1 fully saturated rings. The summed E-state index contributed by atoms with van der Waals surface area (Å²) in [4.78, 5) is 4.64. The van der Waals surface area contributed by atoms with Gasteiger partial charge in [-0.3, -0.25) is 0 Å². The molecule has 0 saturated heterocycles. The van der Waals surface area contributed by atoms with Crippen molar-refractivity contribution in [3.05, 3.63) is 29.0 Å². The molecule has 1 aromatic carbocycles. The molecule has 19 heavy (non-hydrogen) atoms. The Morgan fingerprint density at radius 1 is 1.42 bits per heavy atom. The monoisotopic (exact) mass is 296 g/mol. The highest BCUT2D eigenvalue weighted by atomic mass is 35.5. The maximum absolute atomic E-state index is 6.13. The van der Waals surface area contributed by atoms with E-state index in [-0.39, 0.29) is 0 Å². The van der Waals surface area contributed by atoms with Crippen LogP contribution in [0.4, 0.5) is 0 Å². The number of aromatic nitrogens is 2. The molecule has 2 aromatic rings. The van der Waals surface area contributed by atoms with E-state index in [2.05, 4.69) is 23.4 Å². The zero-order chi connectivity index (χ0) is 13.6. The number of hydrogen-bond donors (Lipinski definition) is 0. The summed E-state index contributed by atoms with van der Waals surface area (Å²) in [6.45, 7) is 4.67. The van der Waals surface area contributed by atoms with E-state index in [1.807, 2.05) is 18.2 Å². The minimum atomic E-state index is 0.406. The van der Waals surface area contributed by atoms with Crippen LogP contribution in [0.3, 0.4) is 0 Å². The Labute approximate surface area is 123 Å². The van der Waals surface area contributed by atoms with E-state index in [1.165, 1.54) is 19.3 Å². The fourth-order valence-corrected chi connectivity index (χ4v) is 3.59. The van der Waals surface area contributed by atoms with E-state index in [0.29, 0.717) is 17.3 Å². The summed E-state index contributed by atoms with van der Waals surface area (Å²) >= 11 is 12.2. The van der Waals surface area contributed by atoms with Crippen molar-refractivity contribution < 1.29 is 0 Å². The number of fused-ring (bicyclic) bond motifs is 1. The molecule has 0 aliphatic heterocycles. The lowest BCUT2D eigenvalue weighted by Gasteiger charge is -2.19. The first-order valence-corrected chi connectivity index (χ1v) is 7.64. The first-order valence-electron chi connectivity index (χ1n) is 6.72. The van der Waals surface area contributed by atoms with E-state index in [9.17, 15) is 0 Å². The molecule has 1 saturated carbocycles. The summed E-state index contributed by atoms with van der Waals surface area (Å²) in [5, 5.41) is 0.757. The van der Waals surface area contributed by atoms with Gasteiger partial charge >= 0.3 is 0 Å². The highest BCUT2D eigenvalue weighted by molar-refractivity contribution is 6.31. The molecule has 4 heteroatoms. The number of halogens is 2. The second-order valence-electron chi connectivity index (χ2n) is 6.23. The van der Waals surface area contributed by atoms with E-state index in [1.54, 1.807) is 0 Å². The molecule has 1 heterocycles. The molecule has 1 unspecified atom stereocenters. The number of benzene rings is 1. The Kier molecular flexibility index (Phi) is 3.26. The van der Waals surface area contributed by atoms with E-state index >= 15 is 0 Å². The van der Waals surface area contributed by atoms with Gasteiger partial charge in [-0.15, -0.1) is 11.6 Å². The summed E-state index contributed by atoms with van der Waals surface area (Å²) in [6, 6.07) is 6.36. The number of imidazole rings is 1. The van der Waals surface area contributed by atoms with Crippen LogP contribution in [0.5, 0.6) is 0 Å². The average molecular weight is 297 g/mol. The molecular weight excluding hydrogens is 279 g/mol. The summed E-state index contributed by atoms with van der Waals surface area (Å²) in [7, 11) is 0. The predicted molar refractivity (Wildman–Crippen MR) is 81.0 cm³/mol. The van der Waals surface area contributed by atoms with Gasteiger partial charge in [0.15, 0.2) is 0 Å². The van der Waals surface area contributed by atoms with Crippen molar-refractivity contribution in [3.63, 3.8) is 0 Å². The number of hydrogen-bond acceptors (Lipinski definition) is 1. The Hall–Kier alpha value is -0.730. The van der Waals surface area contributed by atoms with Gasteiger partial charge in [0.05, 0.1) is 16.9 Å². The Morgan fingerprint density at radius 2 is 2.21 bits per heavy atom. The lowest BCUT2D eigenvalue weighted by Crippen LogP contribution is -2.11. The Balaban J connectivity index is 2.13. The van der Waals surface area contributed by atoms with Crippen molar-refractivity contribution in [2.24, 2.45) is 5.41 Å². The lowest BCUT2D eigenvalue weighted by atomic mass is 9.92. The van der Waals surface area contributed by atoms with Gasteiger partial charge in [-0.1, -0.05) is 25.4 Å². The van der Waals surface area contributed by atoms with Gasteiger partial charge in [0.25, 0.3) is 0 Å². The van der Waals surface area contributed by atoms with Gasteiger partial charge in [0, 0.05) is 11.1 Å². The molecule has 1 aliphatic carbocycles. The molecule has 0 N–H and O–H groups in total. The normalized spacial score (nSPS) is 22.2. The number of nitrogens with zero attached hydrogens (tertiary/aromatic N) is 2. The minimum absolute atomic E-state index is 0.406. The second kappa shape index (κ2) is 4.68. The van der Waals surface area contributed by atoms with Crippen LogP contribution >= 0.6 is 23.2 Å². The second-order valence-corrected chi connectivity index (χ2v) is 6.93. The largest absolute Gasteiger partial charge is 0.324 e. The summed E-state index contributed by atoms with van der Waals surface area (Å²) in [5.41, 5.74) is 2.51. The molecule has 1 aliphatic rings. The lowest BCUT2D eigenvalue weighted by molar-refractivity contribution is 0.359. The average Bonchev–Trinajstić information content (AvgIpc) is 2.88. The van der Waals surface area contributed by atoms with Gasteiger partial charge in [0.2, 0.25) is 0 Å². The highest BCUT2D eigenvalue weighted by Gasteiger charge is 2.33. The van der Waals surface area contributed by atoms with Crippen molar-refractivity contribution in [1.82, 2.24) is 9.55 Å². The van der Waals surface area contributed by atoms with Crippen molar-refractivity contribution in [2.45, 2.75) is 45.0 Å². The topological polar surface area (TPSA) is 17.8 Å². The Morgan fingerprint density at radius 3 is 2.84 bits per heavy atom. The molecule has 2 nitrogen and oxygen atoms in total. The maximum atomic E-state index is 6.13. The van der Waals surface area contributed by atoms with Gasteiger partial charge in [-0.25, -0.2) is 4.98 Å². The van der Waals surface area contributed by atoms with E-state index < -0.39 is 0 Å². The summed E-state index contributed by atoms with van der Waals surface area (Å²) in [6.07, 6.45) is 3.61. The highest BCUT2D eigenvalue weighted by Crippen LogP contribution is 2.45. The van der Waals surface area contributed by atoms with Crippen molar-refractivity contribution in [2.75, 3.05) is 0 Å². The van der Waals surface area contributed by atoms with Crippen molar-refractivity contribution >= 4 is 34.2 Å². The molecule has 1 aromatic heterocycles. The molecular formula is C15H18Cl2N2. The maximum Gasteiger partial charge on any atom is 0.125 e. The van der Waals surface area contributed by atoms with Gasteiger partial charge < -0.3 is 4.57 Å². The predicted octanol–water partition coefficient (Wildman–Crippen LogP) is 5.18. The third kappa shape index (κ3) is 2.36. The van der Waals surface area contributed by atoms with Crippen LogP contribution in [-0.2, 0) is 5.88 Å². The fraction of sp³-hybridized carbons (Fsp3) is 0.533. The molecule has 102 valence electrons. The SMILES string of the molecule is CC1(C)CCC(n2c(CCl)nc3ccc(Cl)cc32)C1. The van der Waals surface area contributed by atoms with Crippen LogP contribution in [-0.4, -0.2) is 9.55 Å². The third-order valence-corrected chi connectivity index (χ3v) is 4.63. The standard InChI is InChI=1S/C15H18Cl2N2/c1-15(2)6-5-11(8-15)19-13-7-10(17)3-4-12(13)18-14(19)9-16/h3-4,7,11H,5-6,8-9H2,1-2H3. The fourth-order valence-electron chi connectivity index (χ4n) is 3.24. The zero-order valence-electron chi connectivity index (χ0n) is 11.3. The van der Waals surface area contributed by atoms with Gasteiger partial charge in [-0.2, -0.15) is 0 Å². The first-order chi connectivity index (χ1) is 9.00. The van der Waals surface area contributed by atoms with Crippen LogP contribution in [0, 0.1) is 5.41 Å². The molecule has 1 atom stereocenters. The summed E-state index contributed by atoms with van der Waals surface area (Å²) < 4.78 is 2.31.